The number of hydrogen-bond acceptors (Lipinski definition) is 5. The number of esters is 1. The fourth-order valence-corrected chi connectivity index (χ4v) is 3.46. The molecule has 1 saturated heterocycles. The molecule has 0 unspecified atom stereocenters. The average molecular weight is 354 g/mol. The summed E-state index contributed by atoms with van der Waals surface area (Å²) in [5.41, 5.74) is 0.163. The number of sulfonamides is 1. The highest BCUT2D eigenvalue weighted by Crippen LogP contribution is 2.21. The first-order valence-electron chi connectivity index (χ1n) is 7.74. The van der Waals surface area contributed by atoms with E-state index < -0.39 is 16.0 Å². The van der Waals surface area contributed by atoms with Gasteiger partial charge < -0.3 is 9.64 Å². The first-order chi connectivity index (χ1) is 11.2. The SMILES string of the molecule is C[C@@H]1C[C@H](C)CN(C(=O)COC(=O)c2ccc(S(N)(=O)=O)cc2)C1. The molecule has 0 aromatic heterocycles. The second kappa shape index (κ2) is 7.31. The number of nitrogens with two attached hydrogens (primary N) is 1. The van der Waals surface area contributed by atoms with Crippen molar-refractivity contribution < 1.29 is 22.7 Å². The number of nitrogens with zero attached hydrogens (tertiary/aromatic N) is 1. The van der Waals surface area contributed by atoms with Crippen molar-refractivity contribution in [2.75, 3.05) is 19.7 Å². The smallest absolute Gasteiger partial charge is 0.338 e. The molecule has 132 valence electrons. The van der Waals surface area contributed by atoms with Crippen molar-refractivity contribution in [3.8, 4) is 0 Å². The molecule has 1 aliphatic heterocycles. The fraction of sp³-hybridized carbons (Fsp3) is 0.500. The van der Waals surface area contributed by atoms with E-state index in [2.05, 4.69) is 13.8 Å². The summed E-state index contributed by atoms with van der Waals surface area (Å²) in [4.78, 5) is 25.7. The lowest BCUT2D eigenvalue weighted by molar-refractivity contribution is -0.137. The molecule has 1 aromatic carbocycles. The van der Waals surface area contributed by atoms with E-state index in [0.717, 1.165) is 6.42 Å². The Hall–Kier alpha value is -1.93. The summed E-state index contributed by atoms with van der Waals surface area (Å²) < 4.78 is 27.4. The number of piperidine rings is 1. The van der Waals surface area contributed by atoms with Gasteiger partial charge in [-0.05, 0) is 42.5 Å². The van der Waals surface area contributed by atoms with E-state index in [1.165, 1.54) is 24.3 Å². The topological polar surface area (TPSA) is 107 Å². The standard InChI is InChI=1S/C16H22N2O5S/c1-11-7-12(2)9-18(8-11)15(19)10-23-16(20)13-3-5-14(6-4-13)24(17,21)22/h3-6,11-12H,7-10H2,1-2H3,(H2,17,21,22)/t11-,12+. The summed E-state index contributed by atoms with van der Waals surface area (Å²) >= 11 is 0. The van der Waals surface area contributed by atoms with Crippen molar-refractivity contribution in [1.29, 1.82) is 0 Å². The number of benzene rings is 1. The molecule has 0 saturated carbocycles. The van der Waals surface area contributed by atoms with Gasteiger partial charge in [-0.15, -0.1) is 0 Å². The van der Waals surface area contributed by atoms with Gasteiger partial charge in [-0.25, -0.2) is 18.4 Å². The minimum Gasteiger partial charge on any atom is -0.452 e. The maximum Gasteiger partial charge on any atom is 0.338 e. The minimum atomic E-state index is -3.81. The maximum absolute atomic E-state index is 12.2. The Kier molecular flexibility index (Phi) is 5.61. The van der Waals surface area contributed by atoms with Crippen LogP contribution in [-0.2, 0) is 19.6 Å². The van der Waals surface area contributed by atoms with E-state index in [-0.39, 0.29) is 23.0 Å². The van der Waals surface area contributed by atoms with Crippen LogP contribution in [0.3, 0.4) is 0 Å². The monoisotopic (exact) mass is 354 g/mol. The summed E-state index contributed by atoms with van der Waals surface area (Å²) in [7, 11) is -3.81. The number of primary sulfonamides is 1. The molecule has 1 heterocycles. The Labute approximate surface area is 141 Å². The normalized spacial score (nSPS) is 21.4. The molecule has 2 N–H and O–H groups in total. The van der Waals surface area contributed by atoms with Gasteiger partial charge in [-0.2, -0.15) is 0 Å². The molecule has 1 amide bonds. The Morgan fingerprint density at radius 1 is 1.17 bits per heavy atom. The fourth-order valence-electron chi connectivity index (χ4n) is 2.95. The molecule has 1 fully saturated rings. The molecule has 0 spiro atoms. The average Bonchev–Trinajstić information content (AvgIpc) is 2.50. The third kappa shape index (κ3) is 4.78. The summed E-state index contributed by atoms with van der Waals surface area (Å²) in [5.74, 6) is -0.0383. The molecule has 1 aromatic rings. The summed E-state index contributed by atoms with van der Waals surface area (Å²) in [6.07, 6.45) is 1.08. The molecule has 0 aliphatic carbocycles. The summed E-state index contributed by atoms with van der Waals surface area (Å²) in [6.45, 7) is 5.20. The van der Waals surface area contributed by atoms with Crippen LogP contribution >= 0.6 is 0 Å². The molecule has 0 radical (unpaired) electrons. The van der Waals surface area contributed by atoms with Gasteiger partial charge in [0.2, 0.25) is 10.0 Å². The molecule has 8 heteroatoms. The van der Waals surface area contributed by atoms with E-state index in [1.54, 1.807) is 4.90 Å². The molecule has 2 rings (SSSR count). The van der Waals surface area contributed by atoms with Gasteiger partial charge in [-0.1, -0.05) is 13.8 Å². The van der Waals surface area contributed by atoms with Crippen LogP contribution < -0.4 is 5.14 Å². The van der Waals surface area contributed by atoms with Crippen LogP contribution in [0.15, 0.2) is 29.2 Å². The zero-order chi connectivity index (χ0) is 17.9. The number of hydrogen-bond donors (Lipinski definition) is 1. The van der Waals surface area contributed by atoms with E-state index in [9.17, 15) is 18.0 Å². The molecule has 24 heavy (non-hydrogen) atoms. The first kappa shape index (κ1) is 18.4. The predicted octanol–water partition coefficient (Wildman–Crippen LogP) is 0.995. The van der Waals surface area contributed by atoms with E-state index in [0.29, 0.717) is 24.9 Å². The molecular formula is C16H22N2O5S. The van der Waals surface area contributed by atoms with Gasteiger partial charge >= 0.3 is 5.97 Å². The van der Waals surface area contributed by atoms with Gasteiger partial charge in [0, 0.05) is 13.1 Å². The van der Waals surface area contributed by atoms with Crippen LogP contribution in [0.2, 0.25) is 0 Å². The highest BCUT2D eigenvalue weighted by atomic mass is 32.2. The van der Waals surface area contributed by atoms with Crippen LogP contribution in [0, 0.1) is 11.8 Å². The molecule has 0 bridgehead atoms. The Morgan fingerprint density at radius 2 is 1.71 bits per heavy atom. The van der Waals surface area contributed by atoms with E-state index in [1.807, 2.05) is 0 Å². The second-order valence-corrected chi connectivity index (χ2v) is 7.95. The van der Waals surface area contributed by atoms with E-state index in [4.69, 9.17) is 9.88 Å². The van der Waals surface area contributed by atoms with Crippen molar-refractivity contribution in [3.63, 3.8) is 0 Å². The number of carbonyl (C=O) groups is 2. The highest BCUT2D eigenvalue weighted by molar-refractivity contribution is 7.89. The number of likely N-dealkylation sites (tertiary alicyclic amines) is 1. The summed E-state index contributed by atoms with van der Waals surface area (Å²) in [6, 6.07) is 5.05. The third-order valence-corrected chi connectivity index (χ3v) is 4.90. The van der Waals surface area contributed by atoms with Crippen molar-refractivity contribution in [2.45, 2.75) is 25.2 Å². The van der Waals surface area contributed by atoms with Crippen LogP contribution in [0.25, 0.3) is 0 Å². The number of amides is 1. The lowest BCUT2D eigenvalue weighted by atomic mass is 9.92. The zero-order valence-electron chi connectivity index (χ0n) is 13.8. The molecule has 7 nitrogen and oxygen atoms in total. The Bertz CT molecular complexity index is 704. The first-order valence-corrected chi connectivity index (χ1v) is 9.29. The molecular weight excluding hydrogens is 332 g/mol. The van der Waals surface area contributed by atoms with Crippen molar-refractivity contribution in [2.24, 2.45) is 17.0 Å². The molecule has 2 atom stereocenters. The Balaban J connectivity index is 1.92. The number of ether oxygens (including phenoxy) is 1. The lowest BCUT2D eigenvalue weighted by Crippen LogP contribution is -2.44. The third-order valence-electron chi connectivity index (χ3n) is 3.97. The maximum atomic E-state index is 12.2. The van der Waals surface area contributed by atoms with Crippen molar-refractivity contribution in [1.82, 2.24) is 4.90 Å². The predicted molar refractivity (Wildman–Crippen MR) is 87.6 cm³/mol. The zero-order valence-corrected chi connectivity index (χ0v) is 14.6. The van der Waals surface area contributed by atoms with Gasteiger partial charge in [0.25, 0.3) is 5.91 Å². The largest absolute Gasteiger partial charge is 0.452 e. The van der Waals surface area contributed by atoms with Crippen molar-refractivity contribution in [3.05, 3.63) is 29.8 Å². The van der Waals surface area contributed by atoms with Crippen LogP contribution in [0.4, 0.5) is 0 Å². The molecule has 1 aliphatic rings. The highest BCUT2D eigenvalue weighted by Gasteiger charge is 2.26. The quantitative estimate of drug-likeness (QED) is 0.812. The number of carbonyl (C=O) groups excluding carboxylic acids is 2. The van der Waals surface area contributed by atoms with Crippen LogP contribution in [-0.4, -0.2) is 44.9 Å². The van der Waals surface area contributed by atoms with Gasteiger partial charge in [-0.3, -0.25) is 4.79 Å². The number of rotatable bonds is 4. The van der Waals surface area contributed by atoms with E-state index >= 15 is 0 Å². The van der Waals surface area contributed by atoms with Crippen molar-refractivity contribution >= 4 is 21.9 Å². The van der Waals surface area contributed by atoms with Gasteiger partial charge in [0.05, 0.1) is 10.5 Å². The van der Waals surface area contributed by atoms with Gasteiger partial charge in [0.15, 0.2) is 6.61 Å². The minimum absolute atomic E-state index is 0.0913. The summed E-state index contributed by atoms with van der Waals surface area (Å²) in [5, 5.41) is 4.99. The second-order valence-electron chi connectivity index (χ2n) is 6.39. The van der Waals surface area contributed by atoms with Crippen LogP contribution in [0.5, 0.6) is 0 Å². The van der Waals surface area contributed by atoms with Gasteiger partial charge in [0.1, 0.15) is 0 Å². The van der Waals surface area contributed by atoms with Crippen LogP contribution in [0.1, 0.15) is 30.6 Å². The lowest BCUT2D eigenvalue weighted by Gasteiger charge is -2.34. The Morgan fingerprint density at radius 3 is 2.21 bits per heavy atom.